The Morgan fingerprint density at radius 2 is 1.88 bits per heavy atom. The standard InChI is InChI=1S/C21H26N2O/c22-13-17-7-3-4-8-20(17)23-21(24)19-12-18(19)16-10-9-14-5-1-2-6-15(14)11-16/h1-2,5-6,9-11,17-20H,3-4,7-8,12-13,22H2,(H,23,24). The van der Waals surface area contributed by atoms with Gasteiger partial charge in [-0.15, -0.1) is 0 Å². The van der Waals surface area contributed by atoms with Gasteiger partial charge in [-0.05, 0) is 54.0 Å². The molecule has 2 fully saturated rings. The molecule has 0 saturated heterocycles. The molecule has 0 aliphatic heterocycles. The highest BCUT2D eigenvalue weighted by Gasteiger charge is 2.44. The van der Waals surface area contributed by atoms with E-state index in [0.717, 1.165) is 19.3 Å². The summed E-state index contributed by atoms with van der Waals surface area (Å²) in [5, 5.41) is 5.82. The van der Waals surface area contributed by atoms with E-state index in [1.54, 1.807) is 0 Å². The van der Waals surface area contributed by atoms with E-state index in [0.29, 0.717) is 18.4 Å². The molecule has 4 rings (SSSR count). The molecule has 2 aromatic carbocycles. The Bertz CT molecular complexity index is 741. The lowest BCUT2D eigenvalue weighted by atomic mass is 9.84. The van der Waals surface area contributed by atoms with Crippen molar-refractivity contribution >= 4 is 16.7 Å². The lowest BCUT2D eigenvalue weighted by Gasteiger charge is -2.31. The molecular formula is C21H26N2O. The number of hydrogen-bond donors (Lipinski definition) is 2. The van der Waals surface area contributed by atoms with E-state index in [2.05, 4.69) is 47.8 Å². The van der Waals surface area contributed by atoms with Gasteiger partial charge in [0.05, 0.1) is 0 Å². The van der Waals surface area contributed by atoms with Gasteiger partial charge in [0.15, 0.2) is 0 Å². The van der Waals surface area contributed by atoms with Crippen molar-refractivity contribution in [1.82, 2.24) is 5.32 Å². The van der Waals surface area contributed by atoms with Crippen molar-refractivity contribution in [3.05, 3.63) is 48.0 Å². The van der Waals surface area contributed by atoms with Crippen LogP contribution in [0.4, 0.5) is 0 Å². The van der Waals surface area contributed by atoms with Crippen molar-refractivity contribution in [3.8, 4) is 0 Å². The van der Waals surface area contributed by atoms with Crippen LogP contribution in [0.25, 0.3) is 10.8 Å². The molecule has 0 bridgehead atoms. The van der Waals surface area contributed by atoms with Crippen LogP contribution >= 0.6 is 0 Å². The monoisotopic (exact) mass is 322 g/mol. The van der Waals surface area contributed by atoms with Gasteiger partial charge < -0.3 is 11.1 Å². The number of carbonyl (C=O) groups is 1. The Morgan fingerprint density at radius 1 is 1.08 bits per heavy atom. The van der Waals surface area contributed by atoms with Crippen LogP contribution in [-0.2, 0) is 4.79 Å². The summed E-state index contributed by atoms with van der Waals surface area (Å²) in [6, 6.07) is 15.3. The van der Waals surface area contributed by atoms with Crippen LogP contribution in [-0.4, -0.2) is 18.5 Å². The minimum absolute atomic E-state index is 0.145. The minimum Gasteiger partial charge on any atom is -0.353 e. The topological polar surface area (TPSA) is 55.1 Å². The number of amides is 1. The second-order valence-electron chi connectivity index (χ2n) is 7.45. The zero-order valence-electron chi connectivity index (χ0n) is 14.1. The van der Waals surface area contributed by atoms with Gasteiger partial charge >= 0.3 is 0 Å². The second-order valence-corrected chi connectivity index (χ2v) is 7.45. The smallest absolute Gasteiger partial charge is 0.223 e. The molecule has 4 atom stereocenters. The van der Waals surface area contributed by atoms with Gasteiger partial charge in [-0.2, -0.15) is 0 Å². The molecule has 0 aromatic heterocycles. The molecule has 24 heavy (non-hydrogen) atoms. The van der Waals surface area contributed by atoms with E-state index < -0.39 is 0 Å². The molecule has 3 N–H and O–H groups in total. The highest BCUT2D eigenvalue weighted by atomic mass is 16.2. The predicted molar refractivity (Wildman–Crippen MR) is 97.7 cm³/mol. The first-order valence-electron chi connectivity index (χ1n) is 9.25. The van der Waals surface area contributed by atoms with Gasteiger partial charge in [0.25, 0.3) is 0 Å². The summed E-state index contributed by atoms with van der Waals surface area (Å²) in [7, 11) is 0. The molecule has 2 aliphatic rings. The van der Waals surface area contributed by atoms with Gasteiger partial charge in [-0.3, -0.25) is 4.79 Å². The van der Waals surface area contributed by atoms with E-state index in [4.69, 9.17) is 5.73 Å². The number of nitrogens with two attached hydrogens (primary N) is 1. The molecule has 3 nitrogen and oxygen atoms in total. The zero-order valence-corrected chi connectivity index (χ0v) is 14.1. The van der Waals surface area contributed by atoms with Crippen LogP contribution in [0, 0.1) is 11.8 Å². The van der Waals surface area contributed by atoms with Crippen LogP contribution in [0.1, 0.15) is 43.6 Å². The molecule has 1 amide bonds. The Morgan fingerprint density at radius 3 is 2.71 bits per heavy atom. The Hall–Kier alpha value is -1.87. The maximum Gasteiger partial charge on any atom is 0.223 e. The maximum atomic E-state index is 12.6. The quantitative estimate of drug-likeness (QED) is 0.904. The third-order valence-corrected chi connectivity index (χ3v) is 5.87. The highest BCUT2D eigenvalue weighted by Crippen LogP contribution is 2.48. The van der Waals surface area contributed by atoms with E-state index in [1.807, 2.05) is 0 Å². The summed E-state index contributed by atoms with van der Waals surface area (Å²) >= 11 is 0. The SMILES string of the molecule is NCC1CCCCC1NC(=O)C1CC1c1ccc2ccccc2c1. The predicted octanol–water partition coefficient (Wildman–Crippen LogP) is 3.58. The van der Waals surface area contributed by atoms with Crippen LogP contribution < -0.4 is 11.1 Å². The van der Waals surface area contributed by atoms with Crippen molar-refractivity contribution in [2.75, 3.05) is 6.54 Å². The van der Waals surface area contributed by atoms with Crippen LogP contribution in [0.2, 0.25) is 0 Å². The summed E-state index contributed by atoms with van der Waals surface area (Å²) < 4.78 is 0. The first-order chi connectivity index (χ1) is 11.8. The van der Waals surface area contributed by atoms with Crippen molar-refractivity contribution < 1.29 is 4.79 Å². The highest BCUT2D eigenvalue weighted by molar-refractivity contribution is 5.86. The van der Waals surface area contributed by atoms with Gasteiger partial charge in [0, 0.05) is 12.0 Å². The summed E-state index contributed by atoms with van der Waals surface area (Å²) in [5.74, 6) is 1.22. The fourth-order valence-corrected chi connectivity index (χ4v) is 4.26. The van der Waals surface area contributed by atoms with Gasteiger partial charge in [-0.1, -0.05) is 55.3 Å². The van der Waals surface area contributed by atoms with E-state index in [9.17, 15) is 4.79 Å². The molecule has 2 saturated carbocycles. The first kappa shape index (κ1) is 15.6. The third-order valence-electron chi connectivity index (χ3n) is 5.87. The Balaban J connectivity index is 1.42. The largest absolute Gasteiger partial charge is 0.353 e. The first-order valence-corrected chi connectivity index (χ1v) is 9.25. The molecule has 0 radical (unpaired) electrons. The lowest BCUT2D eigenvalue weighted by molar-refractivity contribution is -0.123. The van der Waals surface area contributed by atoms with Gasteiger partial charge in [0.1, 0.15) is 0 Å². The molecule has 0 spiro atoms. The van der Waals surface area contributed by atoms with E-state index >= 15 is 0 Å². The number of fused-ring (bicyclic) bond motifs is 1. The zero-order chi connectivity index (χ0) is 16.5. The summed E-state index contributed by atoms with van der Waals surface area (Å²) in [6.07, 6.45) is 5.67. The fourth-order valence-electron chi connectivity index (χ4n) is 4.26. The van der Waals surface area contributed by atoms with Gasteiger partial charge in [0.2, 0.25) is 5.91 Å². The van der Waals surface area contributed by atoms with Crippen molar-refractivity contribution in [3.63, 3.8) is 0 Å². The Labute approximate surface area is 143 Å². The normalized spacial score (nSPS) is 29.4. The van der Waals surface area contributed by atoms with Crippen molar-refractivity contribution in [2.24, 2.45) is 17.6 Å². The fraction of sp³-hybridized carbons (Fsp3) is 0.476. The minimum atomic E-state index is 0.145. The molecule has 3 heteroatoms. The number of rotatable bonds is 4. The van der Waals surface area contributed by atoms with Crippen LogP contribution in [0.5, 0.6) is 0 Å². The van der Waals surface area contributed by atoms with E-state index in [1.165, 1.54) is 29.2 Å². The number of nitrogens with one attached hydrogen (secondary N) is 1. The molecule has 4 unspecified atom stereocenters. The van der Waals surface area contributed by atoms with Crippen LogP contribution in [0.3, 0.4) is 0 Å². The average Bonchev–Trinajstić information content (AvgIpc) is 3.43. The molecular weight excluding hydrogens is 296 g/mol. The molecule has 126 valence electrons. The van der Waals surface area contributed by atoms with Crippen LogP contribution in [0.15, 0.2) is 42.5 Å². The molecule has 2 aromatic rings. The Kier molecular flexibility index (Phi) is 4.28. The third kappa shape index (κ3) is 3.05. The molecule has 2 aliphatic carbocycles. The maximum absolute atomic E-state index is 12.6. The van der Waals surface area contributed by atoms with Crippen molar-refractivity contribution in [2.45, 2.75) is 44.1 Å². The summed E-state index contributed by atoms with van der Waals surface area (Å²) in [5.41, 5.74) is 7.18. The summed E-state index contributed by atoms with van der Waals surface area (Å²) in [4.78, 5) is 12.6. The lowest BCUT2D eigenvalue weighted by Crippen LogP contribution is -2.45. The van der Waals surface area contributed by atoms with Crippen molar-refractivity contribution in [1.29, 1.82) is 0 Å². The summed E-state index contributed by atoms with van der Waals surface area (Å²) in [6.45, 7) is 0.684. The second kappa shape index (κ2) is 6.56. The average molecular weight is 322 g/mol. The number of hydrogen-bond acceptors (Lipinski definition) is 2. The van der Waals surface area contributed by atoms with Gasteiger partial charge in [-0.25, -0.2) is 0 Å². The molecule has 0 heterocycles. The number of carbonyl (C=O) groups excluding carboxylic acids is 1. The van der Waals surface area contributed by atoms with E-state index in [-0.39, 0.29) is 17.9 Å². The number of benzene rings is 2.